The SMILES string of the molecule is O=C(O)[C@@H]1CC[C@H](C(=O)NCc2ccccc2)C1. The summed E-state index contributed by atoms with van der Waals surface area (Å²) in [4.78, 5) is 22.7. The predicted molar refractivity (Wildman–Crippen MR) is 66.8 cm³/mol. The highest BCUT2D eigenvalue weighted by atomic mass is 16.4. The van der Waals surface area contributed by atoms with E-state index in [0.29, 0.717) is 25.8 Å². The zero-order valence-electron chi connectivity index (χ0n) is 10.1. The topological polar surface area (TPSA) is 66.4 Å². The first-order valence-electron chi connectivity index (χ1n) is 6.21. The molecule has 0 radical (unpaired) electrons. The maximum atomic E-state index is 11.9. The molecule has 0 heterocycles. The van der Waals surface area contributed by atoms with Crippen LogP contribution in [0.25, 0.3) is 0 Å². The molecule has 1 aliphatic rings. The number of carboxylic acid groups (broad SMARTS) is 1. The van der Waals surface area contributed by atoms with Crippen LogP contribution >= 0.6 is 0 Å². The monoisotopic (exact) mass is 247 g/mol. The second-order valence-electron chi connectivity index (χ2n) is 4.75. The van der Waals surface area contributed by atoms with Crippen molar-refractivity contribution in [2.45, 2.75) is 25.8 Å². The molecule has 1 amide bonds. The Labute approximate surface area is 106 Å². The van der Waals surface area contributed by atoms with E-state index in [-0.39, 0.29) is 17.7 Å². The van der Waals surface area contributed by atoms with Crippen LogP contribution in [0.15, 0.2) is 30.3 Å². The van der Waals surface area contributed by atoms with Gasteiger partial charge in [0.05, 0.1) is 5.92 Å². The summed E-state index contributed by atoms with van der Waals surface area (Å²) in [7, 11) is 0. The van der Waals surface area contributed by atoms with Crippen molar-refractivity contribution in [3.8, 4) is 0 Å². The molecule has 0 unspecified atom stereocenters. The van der Waals surface area contributed by atoms with Gasteiger partial charge in [-0.25, -0.2) is 0 Å². The van der Waals surface area contributed by atoms with Gasteiger partial charge in [0.15, 0.2) is 0 Å². The maximum absolute atomic E-state index is 11.9. The van der Waals surface area contributed by atoms with Crippen LogP contribution in [-0.2, 0) is 16.1 Å². The van der Waals surface area contributed by atoms with Crippen molar-refractivity contribution >= 4 is 11.9 Å². The van der Waals surface area contributed by atoms with Crippen LogP contribution in [0.2, 0.25) is 0 Å². The normalized spacial score (nSPS) is 22.7. The molecule has 96 valence electrons. The molecule has 18 heavy (non-hydrogen) atoms. The molecule has 1 aromatic carbocycles. The molecule has 4 nitrogen and oxygen atoms in total. The Morgan fingerprint density at radius 2 is 1.83 bits per heavy atom. The zero-order valence-corrected chi connectivity index (χ0v) is 10.1. The van der Waals surface area contributed by atoms with Gasteiger partial charge in [0.1, 0.15) is 0 Å². The summed E-state index contributed by atoms with van der Waals surface area (Å²) in [5, 5.41) is 11.8. The average molecular weight is 247 g/mol. The third-order valence-electron chi connectivity index (χ3n) is 3.46. The van der Waals surface area contributed by atoms with Crippen LogP contribution in [-0.4, -0.2) is 17.0 Å². The molecule has 1 fully saturated rings. The van der Waals surface area contributed by atoms with Crippen molar-refractivity contribution in [3.63, 3.8) is 0 Å². The van der Waals surface area contributed by atoms with Crippen LogP contribution in [0.1, 0.15) is 24.8 Å². The highest BCUT2D eigenvalue weighted by Gasteiger charge is 2.33. The van der Waals surface area contributed by atoms with Crippen LogP contribution in [0.4, 0.5) is 0 Å². The van der Waals surface area contributed by atoms with E-state index in [1.54, 1.807) is 0 Å². The van der Waals surface area contributed by atoms with Gasteiger partial charge < -0.3 is 10.4 Å². The molecule has 0 spiro atoms. The van der Waals surface area contributed by atoms with E-state index >= 15 is 0 Å². The number of carbonyl (C=O) groups is 2. The predicted octanol–water partition coefficient (Wildman–Crippen LogP) is 1.80. The van der Waals surface area contributed by atoms with Crippen molar-refractivity contribution in [2.75, 3.05) is 0 Å². The van der Waals surface area contributed by atoms with E-state index in [1.807, 2.05) is 30.3 Å². The summed E-state index contributed by atoms with van der Waals surface area (Å²) in [6.07, 6.45) is 1.76. The van der Waals surface area contributed by atoms with Crippen molar-refractivity contribution < 1.29 is 14.7 Å². The highest BCUT2D eigenvalue weighted by molar-refractivity contribution is 5.80. The zero-order chi connectivity index (χ0) is 13.0. The Balaban J connectivity index is 1.81. The smallest absolute Gasteiger partial charge is 0.306 e. The summed E-state index contributed by atoms with van der Waals surface area (Å²) in [6, 6.07) is 9.69. The summed E-state index contributed by atoms with van der Waals surface area (Å²) in [5.74, 6) is -1.30. The number of carboxylic acids is 1. The maximum Gasteiger partial charge on any atom is 0.306 e. The molecule has 0 aromatic heterocycles. The second-order valence-corrected chi connectivity index (χ2v) is 4.75. The number of benzene rings is 1. The third kappa shape index (κ3) is 3.09. The fourth-order valence-corrected chi connectivity index (χ4v) is 2.37. The summed E-state index contributed by atoms with van der Waals surface area (Å²) in [5.41, 5.74) is 1.05. The summed E-state index contributed by atoms with van der Waals surface area (Å²) < 4.78 is 0. The second kappa shape index (κ2) is 5.67. The van der Waals surface area contributed by atoms with E-state index < -0.39 is 5.97 Å². The van der Waals surface area contributed by atoms with Gasteiger partial charge in [-0.1, -0.05) is 30.3 Å². The third-order valence-corrected chi connectivity index (χ3v) is 3.46. The number of hydrogen-bond donors (Lipinski definition) is 2. The molecule has 2 rings (SSSR count). The number of hydrogen-bond acceptors (Lipinski definition) is 2. The molecule has 0 saturated heterocycles. The Kier molecular flexibility index (Phi) is 3.97. The van der Waals surface area contributed by atoms with Gasteiger partial charge in [-0.2, -0.15) is 0 Å². The van der Waals surface area contributed by atoms with E-state index in [0.717, 1.165) is 5.56 Å². The number of aliphatic carboxylic acids is 1. The van der Waals surface area contributed by atoms with Gasteiger partial charge in [-0.05, 0) is 24.8 Å². The molecule has 1 aliphatic carbocycles. The largest absolute Gasteiger partial charge is 0.481 e. The van der Waals surface area contributed by atoms with Crippen molar-refractivity contribution in [2.24, 2.45) is 11.8 Å². The molecule has 1 saturated carbocycles. The van der Waals surface area contributed by atoms with Gasteiger partial charge in [0.2, 0.25) is 5.91 Å². The van der Waals surface area contributed by atoms with Gasteiger partial charge >= 0.3 is 5.97 Å². The van der Waals surface area contributed by atoms with Gasteiger partial charge in [-0.3, -0.25) is 9.59 Å². The van der Waals surface area contributed by atoms with Crippen molar-refractivity contribution in [1.82, 2.24) is 5.32 Å². The summed E-state index contributed by atoms with van der Waals surface area (Å²) >= 11 is 0. The Morgan fingerprint density at radius 1 is 1.17 bits per heavy atom. The Hall–Kier alpha value is -1.84. The average Bonchev–Trinajstić information content (AvgIpc) is 2.87. The van der Waals surface area contributed by atoms with Crippen molar-refractivity contribution in [1.29, 1.82) is 0 Å². The molecular weight excluding hydrogens is 230 g/mol. The molecule has 2 N–H and O–H groups in total. The van der Waals surface area contributed by atoms with Crippen LogP contribution in [0, 0.1) is 11.8 Å². The molecular formula is C14H17NO3. The number of rotatable bonds is 4. The lowest BCUT2D eigenvalue weighted by molar-refractivity contribution is -0.141. The lowest BCUT2D eigenvalue weighted by atomic mass is 10.0. The first-order chi connectivity index (χ1) is 8.66. The standard InChI is InChI=1S/C14H17NO3/c16-13(11-6-7-12(8-11)14(17)18)15-9-10-4-2-1-3-5-10/h1-5,11-12H,6-9H2,(H,15,16)(H,17,18)/t11-,12+/m0/s1. The first kappa shape index (κ1) is 12.6. The van der Waals surface area contributed by atoms with Gasteiger partial charge in [-0.15, -0.1) is 0 Å². The fourth-order valence-electron chi connectivity index (χ4n) is 2.37. The van der Waals surface area contributed by atoms with Gasteiger partial charge in [0.25, 0.3) is 0 Å². The molecule has 4 heteroatoms. The molecule has 2 atom stereocenters. The van der Waals surface area contributed by atoms with Gasteiger partial charge in [0, 0.05) is 12.5 Å². The van der Waals surface area contributed by atoms with Crippen LogP contribution < -0.4 is 5.32 Å². The van der Waals surface area contributed by atoms with Crippen molar-refractivity contribution in [3.05, 3.63) is 35.9 Å². The number of carbonyl (C=O) groups excluding carboxylic acids is 1. The Bertz CT molecular complexity index is 430. The van der Waals surface area contributed by atoms with E-state index in [4.69, 9.17) is 5.11 Å². The first-order valence-corrected chi connectivity index (χ1v) is 6.21. The van der Waals surface area contributed by atoms with E-state index in [9.17, 15) is 9.59 Å². The molecule has 0 bridgehead atoms. The quantitative estimate of drug-likeness (QED) is 0.852. The number of nitrogens with one attached hydrogen (secondary N) is 1. The van der Waals surface area contributed by atoms with E-state index in [1.165, 1.54) is 0 Å². The molecule has 0 aliphatic heterocycles. The lowest BCUT2D eigenvalue weighted by Gasteiger charge is -2.10. The Morgan fingerprint density at radius 3 is 2.44 bits per heavy atom. The number of amides is 1. The lowest BCUT2D eigenvalue weighted by Crippen LogP contribution is -2.29. The highest BCUT2D eigenvalue weighted by Crippen LogP contribution is 2.31. The fraction of sp³-hybridized carbons (Fsp3) is 0.429. The molecule has 1 aromatic rings. The van der Waals surface area contributed by atoms with Crippen LogP contribution in [0.5, 0.6) is 0 Å². The minimum Gasteiger partial charge on any atom is -0.481 e. The summed E-state index contributed by atoms with van der Waals surface area (Å²) in [6.45, 7) is 0.508. The minimum atomic E-state index is -0.784. The van der Waals surface area contributed by atoms with E-state index in [2.05, 4.69) is 5.32 Å². The van der Waals surface area contributed by atoms with Crippen LogP contribution in [0.3, 0.4) is 0 Å². The minimum absolute atomic E-state index is 0.0254.